The van der Waals surface area contributed by atoms with E-state index in [1.54, 1.807) is 24.4 Å². The largest absolute Gasteiger partial charge is 0.399 e. The molecule has 21 heavy (non-hydrogen) atoms. The van der Waals surface area contributed by atoms with Crippen LogP contribution in [0.25, 0.3) is 23.0 Å². The lowest BCUT2D eigenvalue weighted by Gasteiger charge is -2.00. The van der Waals surface area contributed by atoms with Crippen molar-refractivity contribution in [3.8, 4) is 23.0 Å². The van der Waals surface area contributed by atoms with Crippen LogP contribution in [0.1, 0.15) is 0 Å². The number of anilines is 2. The highest BCUT2D eigenvalue weighted by atomic mass is 79.9. The van der Waals surface area contributed by atoms with E-state index in [0.717, 1.165) is 8.95 Å². The Kier molecular flexibility index (Phi) is 3.64. The number of halogens is 2. The molecule has 0 radical (unpaired) electrons. The summed E-state index contributed by atoms with van der Waals surface area (Å²) in [6.07, 6.45) is 1.66. The van der Waals surface area contributed by atoms with Crippen molar-refractivity contribution >= 4 is 43.2 Å². The second-order valence-corrected chi connectivity index (χ2v) is 6.07. The Balaban J connectivity index is 2.03. The van der Waals surface area contributed by atoms with Gasteiger partial charge in [-0.2, -0.15) is 4.98 Å². The van der Waals surface area contributed by atoms with Crippen LogP contribution in [0.15, 0.2) is 43.9 Å². The topological polar surface area (TPSA) is 104 Å². The molecule has 0 aliphatic rings. The molecule has 0 aliphatic carbocycles. The molecule has 0 atom stereocenters. The summed E-state index contributed by atoms with van der Waals surface area (Å²) >= 11 is 6.76. The van der Waals surface area contributed by atoms with E-state index in [1.165, 1.54) is 0 Å². The third kappa shape index (κ3) is 2.91. The van der Waals surface area contributed by atoms with Crippen LogP contribution >= 0.6 is 31.9 Å². The first-order chi connectivity index (χ1) is 10.0. The highest BCUT2D eigenvalue weighted by Crippen LogP contribution is 2.29. The van der Waals surface area contributed by atoms with Gasteiger partial charge in [-0.05, 0) is 56.1 Å². The van der Waals surface area contributed by atoms with Gasteiger partial charge in [0.1, 0.15) is 5.69 Å². The standard InChI is InChI=1S/C13H9Br2N5O/c14-7-3-10(15)11(18-5-7)12-19-13(21-20-12)6-1-8(16)4-9(17)2-6/h1-5H,16-17H2. The van der Waals surface area contributed by atoms with Crippen LogP contribution in [-0.2, 0) is 0 Å². The molecular weight excluding hydrogens is 402 g/mol. The van der Waals surface area contributed by atoms with E-state index in [1.807, 2.05) is 6.07 Å². The van der Waals surface area contributed by atoms with Crippen LogP contribution in [-0.4, -0.2) is 15.1 Å². The van der Waals surface area contributed by atoms with Crippen molar-refractivity contribution in [2.45, 2.75) is 0 Å². The van der Waals surface area contributed by atoms with Crippen LogP contribution in [0.4, 0.5) is 11.4 Å². The molecule has 2 heterocycles. The van der Waals surface area contributed by atoms with Gasteiger partial charge in [0, 0.05) is 32.1 Å². The molecule has 1 aromatic carbocycles. The molecule has 6 nitrogen and oxygen atoms in total. The van der Waals surface area contributed by atoms with E-state index in [4.69, 9.17) is 16.0 Å². The van der Waals surface area contributed by atoms with E-state index in [-0.39, 0.29) is 0 Å². The molecule has 3 rings (SSSR count). The molecule has 0 spiro atoms. The molecule has 0 bridgehead atoms. The number of hydrogen-bond acceptors (Lipinski definition) is 6. The van der Waals surface area contributed by atoms with Gasteiger partial charge in [0.25, 0.3) is 5.89 Å². The predicted octanol–water partition coefficient (Wildman–Crippen LogP) is 3.49. The monoisotopic (exact) mass is 409 g/mol. The summed E-state index contributed by atoms with van der Waals surface area (Å²) in [6, 6.07) is 6.96. The maximum absolute atomic E-state index is 5.76. The van der Waals surface area contributed by atoms with E-state index >= 15 is 0 Å². The van der Waals surface area contributed by atoms with Gasteiger partial charge in [-0.25, -0.2) is 0 Å². The van der Waals surface area contributed by atoms with Crippen LogP contribution in [0.2, 0.25) is 0 Å². The fraction of sp³-hybridized carbons (Fsp3) is 0. The zero-order valence-corrected chi connectivity index (χ0v) is 13.7. The fourth-order valence-corrected chi connectivity index (χ4v) is 2.98. The average molecular weight is 411 g/mol. The van der Waals surface area contributed by atoms with Crippen molar-refractivity contribution in [3.05, 3.63) is 39.4 Å². The summed E-state index contributed by atoms with van der Waals surface area (Å²) < 4.78 is 6.87. The third-order valence-corrected chi connectivity index (χ3v) is 3.71. The number of nitrogens with zero attached hydrogens (tertiary/aromatic N) is 3. The van der Waals surface area contributed by atoms with E-state index in [0.29, 0.717) is 34.3 Å². The number of rotatable bonds is 2. The second kappa shape index (κ2) is 5.45. The van der Waals surface area contributed by atoms with Crippen LogP contribution in [0, 0.1) is 0 Å². The summed E-state index contributed by atoms with van der Waals surface area (Å²) in [5.74, 6) is 0.714. The zero-order chi connectivity index (χ0) is 15.0. The first-order valence-corrected chi connectivity index (χ1v) is 7.43. The highest BCUT2D eigenvalue weighted by molar-refractivity contribution is 9.11. The Bertz CT molecular complexity index is 798. The van der Waals surface area contributed by atoms with Crippen molar-refractivity contribution in [3.63, 3.8) is 0 Å². The molecule has 3 aromatic rings. The Morgan fingerprint density at radius 1 is 1.00 bits per heavy atom. The van der Waals surface area contributed by atoms with Gasteiger partial charge in [0.15, 0.2) is 0 Å². The molecule has 0 saturated heterocycles. The average Bonchev–Trinajstić information content (AvgIpc) is 2.87. The van der Waals surface area contributed by atoms with Crippen LogP contribution in [0.5, 0.6) is 0 Å². The summed E-state index contributed by atoms with van der Waals surface area (Å²) in [4.78, 5) is 8.59. The molecule has 0 unspecified atom stereocenters. The van der Waals surface area contributed by atoms with Gasteiger partial charge >= 0.3 is 0 Å². The maximum Gasteiger partial charge on any atom is 0.258 e. The number of aromatic nitrogens is 3. The molecule has 0 saturated carbocycles. The molecule has 106 valence electrons. The van der Waals surface area contributed by atoms with Crippen molar-refractivity contribution in [2.75, 3.05) is 11.5 Å². The van der Waals surface area contributed by atoms with E-state index < -0.39 is 0 Å². The quantitative estimate of drug-likeness (QED) is 0.626. The lowest BCUT2D eigenvalue weighted by Crippen LogP contribution is -1.91. The van der Waals surface area contributed by atoms with Crippen molar-refractivity contribution in [2.24, 2.45) is 0 Å². The Morgan fingerprint density at radius 3 is 2.38 bits per heavy atom. The van der Waals surface area contributed by atoms with Crippen LogP contribution in [0.3, 0.4) is 0 Å². The smallest absolute Gasteiger partial charge is 0.258 e. The number of benzene rings is 1. The van der Waals surface area contributed by atoms with Gasteiger partial charge in [-0.1, -0.05) is 5.16 Å². The Labute approximate surface area is 136 Å². The highest BCUT2D eigenvalue weighted by Gasteiger charge is 2.15. The third-order valence-electron chi connectivity index (χ3n) is 2.67. The lowest BCUT2D eigenvalue weighted by atomic mass is 10.2. The molecular formula is C13H9Br2N5O. The van der Waals surface area contributed by atoms with E-state index in [9.17, 15) is 0 Å². The summed E-state index contributed by atoms with van der Waals surface area (Å²) in [7, 11) is 0. The number of hydrogen-bond donors (Lipinski definition) is 2. The second-order valence-electron chi connectivity index (χ2n) is 4.30. The number of nitrogen functional groups attached to an aromatic ring is 2. The molecule has 8 heteroatoms. The normalized spacial score (nSPS) is 10.8. The van der Waals surface area contributed by atoms with Gasteiger partial charge in [0.05, 0.1) is 0 Å². The minimum Gasteiger partial charge on any atom is -0.399 e. The number of nitrogens with two attached hydrogens (primary N) is 2. The Morgan fingerprint density at radius 2 is 1.71 bits per heavy atom. The van der Waals surface area contributed by atoms with Crippen LogP contribution < -0.4 is 11.5 Å². The molecule has 2 aromatic heterocycles. The fourth-order valence-electron chi connectivity index (χ4n) is 1.82. The molecule has 0 aliphatic heterocycles. The van der Waals surface area contributed by atoms with Gasteiger partial charge in [0.2, 0.25) is 5.82 Å². The molecule has 4 N–H and O–H groups in total. The van der Waals surface area contributed by atoms with Crippen molar-refractivity contribution < 1.29 is 4.52 Å². The van der Waals surface area contributed by atoms with Gasteiger partial charge < -0.3 is 16.0 Å². The van der Waals surface area contributed by atoms with Gasteiger partial charge in [-0.3, -0.25) is 4.98 Å². The molecule has 0 amide bonds. The lowest BCUT2D eigenvalue weighted by molar-refractivity contribution is 0.432. The van der Waals surface area contributed by atoms with E-state index in [2.05, 4.69) is 47.0 Å². The zero-order valence-electron chi connectivity index (χ0n) is 10.5. The summed E-state index contributed by atoms with van der Waals surface area (Å²) in [5.41, 5.74) is 13.8. The molecule has 0 fully saturated rings. The predicted molar refractivity (Wildman–Crippen MR) is 87.2 cm³/mol. The number of pyridine rings is 1. The summed E-state index contributed by atoms with van der Waals surface area (Å²) in [6.45, 7) is 0. The minimum absolute atomic E-state index is 0.334. The first-order valence-electron chi connectivity index (χ1n) is 5.84. The van der Waals surface area contributed by atoms with Crippen molar-refractivity contribution in [1.82, 2.24) is 15.1 Å². The van der Waals surface area contributed by atoms with Crippen molar-refractivity contribution in [1.29, 1.82) is 0 Å². The Hall–Kier alpha value is -1.93. The SMILES string of the molecule is Nc1cc(N)cc(-c2nc(-c3ncc(Br)cc3Br)no2)c1. The summed E-state index contributed by atoms with van der Waals surface area (Å²) in [5, 5.41) is 3.94. The van der Waals surface area contributed by atoms with Gasteiger partial charge in [-0.15, -0.1) is 0 Å². The minimum atomic E-state index is 0.334. The first kappa shape index (κ1) is 14.0. The maximum atomic E-state index is 5.76.